The summed E-state index contributed by atoms with van der Waals surface area (Å²) in [5, 5.41) is 3.51. The van der Waals surface area contributed by atoms with Crippen molar-refractivity contribution in [1.82, 2.24) is 10.2 Å². The van der Waals surface area contributed by atoms with Crippen molar-refractivity contribution < 1.29 is 14.0 Å². The lowest BCUT2D eigenvalue weighted by Crippen LogP contribution is -2.50. The molecule has 0 radical (unpaired) electrons. The van der Waals surface area contributed by atoms with Crippen molar-refractivity contribution in [3.63, 3.8) is 0 Å². The number of rotatable bonds is 11. The summed E-state index contributed by atoms with van der Waals surface area (Å²) in [5.74, 6) is 0.561. The minimum atomic E-state index is -0.575. The molecular formula is C24H30ClFN2O2S. The van der Waals surface area contributed by atoms with Crippen LogP contribution in [0.2, 0.25) is 5.02 Å². The Morgan fingerprint density at radius 2 is 1.81 bits per heavy atom. The monoisotopic (exact) mass is 464 g/mol. The van der Waals surface area contributed by atoms with Gasteiger partial charge < -0.3 is 10.2 Å². The fourth-order valence-electron chi connectivity index (χ4n) is 3.07. The second-order valence-electron chi connectivity index (χ2n) is 7.80. The topological polar surface area (TPSA) is 49.4 Å². The molecule has 0 bridgehead atoms. The first-order valence-electron chi connectivity index (χ1n) is 10.4. The van der Waals surface area contributed by atoms with Gasteiger partial charge in [0, 0.05) is 23.9 Å². The first-order valence-corrected chi connectivity index (χ1v) is 12.0. The Hall–Kier alpha value is -2.05. The van der Waals surface area contributed by atoms with Crippen LogP contribution in [0.25, 0.3) is 0 Å². The van der Waals surface area contributed by atoms with Gasteiger partial charge in [0.2, 0.25) is 11.8 Å². The summed E-state index contributed by atoms with van der Waals surface area (Å²) in [6.07, 6.45) is 0.503. The molecule has 0 spiro atoms. The van der Waals surface area contributed by atoms with E-state index in [1.807, 2.05) is 39.0 Å². The molecule has 2 rings (SSSR count). The van der Waals surface area contributed by atoms with Crippen LogP contribution >= 0.6 is 23.4 Å². The number of hydrogen-bond acceptors (Lipinski definition) is 3. The Kier molecular flexibility index (Phi) is 10.3. The van der Waals surface area contributed by atoms with E-state index in [0.29, 0.717) is 29.7 Å². The number of nitrogens with zero attached hydrogens (tertiary/aromatic N) is 1. The molecule has 0 aliphatic carbocycles. The van der Waals surface area contributed by atoms with E-state index in [2.05, 4.69) is 5.32 Å². The lowest BCUT2D eigenvalue weighted by atomic mass is 10.1. The van der Waals surface area contributed by atoms with Crippen molar-refractivity contribution in [3.8, 4) is 0 Å². The zero-order valence-corrected chi connectivity index (χ0v) is 19.8. The van der Waals surface area contributed by atoms with Gasteiger partial charge in [-0.2, -0.15) is 0 Å². The maximum absolute atomic E-state index is 13.2. The number of thioether (sulfide) groups is 1. The third kappa shape index (κ3) is 8.19. The summed E-state index contributed by atoms with van der Waals surface area (Å²) in [6.45, 7) is 6.78. The summed E-state index contributed by atoms with van der Waals surface area (Å²) in [4.78, 5) is 27.6. The number of halogens is 2. The van der Waals surface area contributed by atoms with Crippen LogP contribution in [-0.2, 0) is 21.9 Å². The predicted molar refractivity (Wildman–Crippen MR) is 126 cm³/mol. The molecule has 2 aromatic carbocycles. The van der Waals surface area contributed by atoms with Crippen molar-refractivity contribution in [1.29, 1.82) is 0 Å². The molecule has 1 N–H and O–H groups in total. The summed E-state index contributed by atoms with van der Waals surface area (Å²) < 4.78 is 13.1. The average Bonchev–Trinajstić information content (AvgIpc) is 2.74. The zero-order chi connectivity index (χ0) is 22.8. The van der Waals surface area contributed by atoms with Crippen LogP contribution < -0.4 is 5.32 Å². The SMILES string of the molecule is CC[C@H](C(=O)NCC(C)C)N(Cc1ccccc1Cl)C(=O)CSCc1ccc(F)cc1. The molecule has 0 unspecified atom stereocenters. The molecule has 2 amide bonds. The highest BCUT2D eigenvalue weighted by Crippen LogP contribution is 2.21. The lowest BCUT2D eigenvalue weighted by molar-refractivity contribution is -0.139. The van der Waals surface area contributed by atoms with Crippen LogP contribution in [0.5, 0.6) is 0 Å². The van der Waals surface area contributed by atoms with Crippen LogP contribution in [0.4, 0.5) is 4.39 Å². The van der Waals surface area contributed by atoms with E-state index in [4.69, 9.17) is 11.6 Å². The Bertz CT molecular complexity index is 861. The van der Waals surface area contributed by atoms with E-state index in [1.54, 1.807) is 23.1 Å². The molecule has 0 saturated carbocycles. The molecule has 7 heteroatoms. The maximum Gasteiger partial charge on any atom is 0.242 e. The molecule has 0 aromatic heterocycles. The van der Waals surface area contributed by atoms with Gasteiger partial charge in [-0.3, -0.25) is 9.59 Å². The van der Waals surface area contributed by atoms with Crippen molar-refractivity contribution in [2.45, 2.75) is 45.5 Å². The van der Waals surface area contributed by atoms with Gasteiger partial charge in [0.25, 0.3) is 0 Å². The molecule has 0 saturated heterocycles. The average molecular weight is 465 g/mol. The van der Waals surface area contributed by atoms with Crippen molar-refractivity contribution in [3.05, 3.63) is 70.5 Å². The second-order valence-corrected chi connectivity index (χ2v) is 9.19. The van der Waals surface area contributed by atoms with Crippen LogP contribution in [-0.4, -0.2) is 35.1 Å². The van der Waals surface area contributed by atoms with Gasteiger partial charge in [-0.05, 0) is 41.7 Å². The Balaban J connectivity index is 2.12. The number of benzene rings is 2. The molecule has 0 heterocycles. The van der Waals surface area contributed by atoms with E-state index in [-0.39, 0.29) is 29.9 Å². The molecule has 31 heavy (non-hydrogen) atoms. The normalized spacial score (nSPS) is 11.9. The van der Waals surface area contributed by atoms with Crippen LogP contribution in [0.15, 0.2) is 48.5 Å². The van der Waals surface area contributed by atoms with Gasteiger partial charge in [0.05, 0.1) is 5.75 Å². The second kappa shape index (κ2) is 12.7. The third-order valence-corrected chi connectivity index (χ3v) is 6.13. The Morgan fingerprint density at radius 1 is 1.13 bits per heavy atom. The molecule has 0 aliphatic heterocycles. The van der Waals surface area contributed by atoms with Crippen LogP contribution in [0.3, 0.4) is 0 Å². The van der Waals surface area contributed by atoms with Gasteiger partial charge in [-0.25, -0.2) is 4.39 Å². The maximum atomic E-state index is 13.2. The summed E-state index contributed by atoms with van der Waals surface area (Å²) in [5.41, 5.74) is 1.75. The molecule has 4 nitrogen and oxygen atoms in total. The molecule has 0 fully saturated rings. The highest BCUT2D eigenvalue weighted by atomic mass is 35.5. The molecule has 0 aliphatic rings. The van der Waals surface area contributed by atoms with Gasteiger partial charge in [0.1, 0.15) is 11.9 Å². The standard InChI is InChI=1S/C24H30ClFN2O2S/c1-4-22(24(30)27-13-17(2)3)28(14-19-7-5-6-8-21(19)25)23(29)16-31-15-18-9-11-20(26)12-10-18/h5-12,17,22H,4,13-16H2,1-3H3,(H,27,30)/t22-/m1/s1. The molecule has 168 valence electrons. The summed E-state index contributed by atoms with van der Waals surface area (Å²) in [6, 6.07) is 13.0. The van der Waals surface area contributed by atoms with Crippen LogP contribution in [0, 0.1) is 11.7 Å². The minimum absolute atomic E-state index is 0.126. The van der Waals surface area contributed by atoms with Gasteiger partial charge in [0.15, 0.2) is 0 Å². The van der Waals surface area contributed by atoms with E-state index >= 15 is 0 Å². The molecule has 1 atom stereocenters. The third-order valence-electron chi connectivity index (χ3n) is 4.78. The summed E-state index contributed by atoms with van der Waals surface area (Å²) in [7, 11) is 0. The smallest absolute Gasteiger partial charge is 0.242 e. The number of amides is 2. The Labute approximate surface area is 193 Å². The summed E-state index contributed by atoms with van der Waals surface area (Å²) >= 11 is 7.77. The van der Waals surface area contributed by atoms with Gasteiger partial charge in [-0.15, -0.1) is 11.8 Å². The quantitative estimate of drug-likeness (QED) is 0.491. The van der Waals surface area contributed by atoms with Gasteiger partial charge >= 0.3 is 0 Å². The van der Waals surface area contributed by atoms with E-state index in [0.717, 1.165) is 11.1 Å². The highest BCUT2D eigenvalue weighted by molar-refractivity contribution is 7.99. The first-order chi connectivity index (χ1) is 14.8. The number of nitrogens with one attached hydrogen (secondary N) is 1. The molecular weight excluding hydrogens is 435 g/mol. The predicted octanol–water partition coefficient (Wildman–Crippen LogP) is 5.29. The first kappa shape index (κ1) is 25.2. The van der Waals surface area contributed by atoms with Crippen LogP contribution in [0.1, 0.15) is 38.3 Å². The van der Waals surface area contributed by atoms with Crippen molar-refractivity contribution in [2.75, 3.05) is 12.3 Å². The number of carbonyl (C=O) groups excluding carboxylic acids is 2. The lowest BCUT2D eigenvalue weighted by Gasteiger charge is -2.31. The van der Waals surface area contributed by atoms with E-state index in [9.17, 15) is 14.0 Å². The fraction of sp³-hybridized carbons (Fsp3) is 0.417. The van der Waals surface area contributed by atoms with Gasteiger partial charge in [-0.1, -0.05) is 62.7 Å². The van der Waals surface area contributed by atoms with Crippen molar-refractivity contribution in [2.24, 2.45) is 5.92 Å². The zero-order valence-electron chi connectivity index (χ0n) is 18.2. The Morgan fingerprint density at radius 3 is 2.42 bits per heavy atom. The minimum Gasteiger partial charge on any atom is -0.354 e. The number of hydrogen-bond donors (Lipinski definition) is 1. The highest BCUT2D eigenvalue weighted by Gasteiger charge is 2.29. The van der Waals surface area contributed by atoms with Crippen molar-refractivity contribution >= 4 is 35.2 Å². The van der Waals surface area contributed by atoms with E-state index in [1.165, 1.54) is 23.9 Å². The molecule has 2 aromatic rings. The fourth-order valence-corrected chi connectivity index (χ4v) is 4.14. The van der Waals surface area contributed by atoms with E-state index < -0.39 is 6.04 Å². The largest absolute Gasteiger partial charge is 0.354 e. The number of carbonyl (C=O) groups is 2.